The first-order valence-electron chi connectivity index (χ1n) is 10.4. The van der Waals surface area contributed by atoms with E-state index in [4.69, 9.17) is 14.7 Å². The summed E-state index contributed by atoms with van der Waals surface area (Å²) in [6.07, 6.45) is 0. The van der Waals surface area contributed by atoms with Crippen molar-refractivity contribution in [2.24, 2.45) is 9.98 Å². The van der Waals surface area contributed by atoms with Gasteiger partial charge in [0, 0.05) is 67.5 Å². The van der Waals surface area contributed by atoms with Crippen LogP contribution in [0.25, 0.3) is 11.1 Å². The van der Waals surface area contributed by atoms with E-state index < -0.39 is 0 Å². The van der Waals surface area contributed by atoms with Crippen LogP contribution in [0.4, 0.5) is 11.4 Å². The first-order valence-corrected chi connectivity index (χ1v) is 10.4. The Morgan fingerprint density at radius 3 is 1.29 bits per heavy atom. The summed E-state index contributed by atoms with van der Waals surface area (Å²) in [5, 5.41) is 0. The Morgan fingerprint density at radius 1 is 0.613 bits per heavy atom. The van der Waals surface area contributed by atoms with Gasteiger partial charge in [0.2, 0.25) is 11.9 Å². The van der Waals surface area contributed by atoms with E-state index in [1.165, 1.54) is 0 Å². The quantitative estimate of drug-likeness (QED) is 0.547. The molecular formula is C24H34N6O. The lowest BCUT2D eigenvalue weighted by atomic mass is 9.93. The van der Waals surface area contributed by atoms with Crippen LogP contribution in [0.15, 0.2) is 46.4 Å². The van der Waals surface area contributed by atoms with Crippen molar-refractivity contribution in [1.29, 1.82) is 0 Å². The number of guanidine groups is 2. The SMILES string of the molecule is CN(C)C(=Nc1cccc2c1-c1c(cccc1N=C(N(C)C)N(C)C)COC2)N(C)C. The minimum absolute atomic E-state index is 0.546. The fourth-order valence-electron chi connectivity index (χ4n) is 3.86. The number of rotatable bonds is 2. The Bertz CT molecular complexity index is 892. The molecule has 1 aliphatic heterocycles. The molecule has 31 heavy (non-hydrogen) atoms. The van der Waals surface area contributed by atoms with Gasteiger partial charge < -0.3 is 24.3 Å². The Balaban J connectivity index is 2.32. The fourth-order valence-corrected chi connectivity index (χ4v) is 3.86. The third-order valence-corrected chi connectivity index (χ3v) is 5.06. The van der Waals surface area contributed by atoms with Crippen LogP contribution in [-0.4, -0.2) is 87.9 Å². The zero-order valence-electron chi connectivity index (χ0n) is 20.0. The molecule has 1 heterocycles. The molecule has 2 aromatic rings. The van der Waals surface area contributed by atoms with Crippen LogP contribution in [0, 0.1) is 0 Å². The Kier molecular flexibility index (Phi) is 6.85. The number of aliphatic imine (C=N–C) groups is 2. The van der Waals surface area contributed by atoms with Crippen LogP contribution in [0.1, 0.15) is 11.1 Å². The molecule has 0 aliphatic carbocycles. The maximum atomic E-state index is 6.02. The number of ether oxygens (including phenoxy) is 1. The highest BCUT2D eigenvalue weighted by molar-refractivity contribution is 5.94. The van der Waals surface area contributed by atoms with Crippen molar-refractivity contribution in [1.82, 2.24) is 19.6 Å². The van der Waals surface area contributed by atoms with Gasteiger partial charge in [-0.25, -0.2) is 9.98 Å². The van der Waals surface area contributed by atoms with Crippen LogP contribution >= 0.6 is 0 Å². The van der Waals surface area contributed by atoms with Gasteiger partial charge >= 0.3 is 0 Å². The summed E-state index contributed by atoms with van der Waals surface area (Å²) in [6.45, 7) is 1.09. The van der Waals surface area contributed by atoms with Crippen molar-refractivity contribution >= 4 is 23.3 Å². The van der Waals surface area contributed by atoms with Crippen LogP contribution in [0.2, 0.25) is 0 Å². The summed E-state index contributed by atoms with van der Waals surface area (Å²) in [7, 11) is 16.1. The van der Waals surface area contributed by atoms with Gasteiger partial charge in [0.25, 0.3) is 0 Å². The number of hydrogen-bond donors (Lipinski definition) is 0. The lowest BCUT2D eigenvalue weighted by Crippen LogP contribution is -2.35. The molecule has 1 aliphatic rings. The zero-order valence-corrected chi connectivity index (χ0v) is 20.0. The second-order valence-electron chi connectivity index (χ2n) is 8.52. The van der Waals surface area contributed by atoms with E-state index in [1.54, 1.807) is 0 Å². The first kappa shape index (κ1) is 22.6. The summed E-state index contributed by atoms with van der Waals surface area (Å²) in [4.78, 5) is 18.2. The van der Waals surface area contributed by atoms with E-state index in [2.05, 4.69) is 24.3 Å². The lowest BCUT2D eigenvalue weighted by Gasteiger charge is -2.24. The fraction of sp³-hybridized carbons (Fsp3) is 0.417. The van der Waals surface area contributed by atoms with Gasteiger partial charge in [-0.2, -0.15) is 0 Å². The van der Waals surface area contributed by atoms with Crippen molar-refractivity contribution in [2.45, 2.75) is 13.2 Å². The highest BCUT2D eigenvalue weighted by Gasteiger charge is 2.22. The lowest BCUT2D eigenvalue weighted by molar-refractivity contribution is 0.110. The van der Waals surface area contributed by atoms with Gasteiger partial charge in [0.15, 0.2) is 0 Å². The molecule has 7 heteroatoms. The maximum absolute atomic E-state index is 6.02. The smallest absolute Gasteiger partial charge is 0.200 e. The van der Waals surface area contributed by atoms with Crippen molar-refractivity contribution in [3.05, 3.63) is 47.5 Å². The number of fused-ring (bicyclic) bond motifs is 3. The first-order chi connectivity index (χ1) is 14.7. The van der Waals surface area contributed by atoms with Crippen LogP contribution < -0.4 is 0 Å². The largest absolute Gasteiger partial charge is 0.372 e. The predicted octanol–water partition coefficient (Wildman–Crippen LogP) is 3.61. The van der Waals surface area contributed by atoms with E-state index in [0.29, 0.717) is 13.2 Å². The monoisotopic (exact) mass is 422 g/mol. The summed E-state index contributed by atoms with van der Waals surface area (Å²) in [5.41, 5.74) is 6.26. The second kappa shape index (κ2) is 9.39. The average molecular weight is 423 g/mol. The summed E-state index contributed by atoms with van der Waals surface area (Å²) in [6, 6.07) is 12.5. The summed E-state index contributed by atoms with van der Waals surface area (Å²) >= 11 is 0. The van der Waals surface area contributed by atoms with E-state index in [-0.39, 0.29) is 0 Å². The highest BCUT2D eigenvalue weighted by atomic mass is 16.5. The van der Waals surface area contributed by atoms with Crippen molar-refractivity contribution in [2.75, 3.05) is 56.4 Å². The molecule has 0 N–H and O–H groups in total. The third-order valence-electron chi connectivity index (χ3n) is 5.06. The molecular weight excluding hydrogens is 388 g/mol. The summed E-state index contributed by atoms with van der Waals surface area (Å²) in [5.74, 6) is 1.76. The molecule has 0 saturated heterocycles. The Morgan fingerprint density at radius 2 is 0.968 bits per heavy atom. The molecule has 2 aromatic carbocycles. The van der Waals surface area contributed by atoms with Crippen LogP contribution in [0.5, 0.6) is 0 Å². The Labute approximate surface area is 186 Å². The maximum Gasteiger partial charge on any atom is 0.200 e. The molecule has 0 aromatic heterocycles. The highest BCUT2D eigenvalue weighted by Crippen LogP contribution is 2.44. The van der Waals surface area contributed by atoms with Gasteiger partial charge in [0.05, 0.1) is 24.6 Å². The van der Waals surface area contributed by atoms with Gasteiger partial charge in [-0.1, -0.05) is 24.3 Å². The van der Waals surface area contributed by atoms with E-state index in [1.807, 2.05) is 88.1 Å². The normalized spacial score (nSPS) is 12.1. The van der Waals surface area contributed by atoms with Gasteiger partial charge in [-0.3, -0.25) is 0 Å². The molecule has 3 rings (SSSR count). The molecule has 0 amide bonds. The second-order valence-corrected chi connectivity index (χ2v) is 8.52. The van der Waals surface area contributed by atoms with Crippen LogP contribution in [0.3, 0.4) is 0 Å². The van der Waals surface area contributed by atoms with Gasteiger partial charge in [0.1, 0.15) is 0 Å². The molecule has 0 atom stereocenters. The Hall–Kier alpha value is -3.06. The van der Waals surface area contributed by atoms with Crippen LogP contribution in [-0.2, 0) is 18.0 Å². The molecule has 7 nitrogen and oxygen atoms in total. The average Bonchev–Trinajstić information content (AvgIpc) is 2.89. The van der Waals surface area contributed by atoms with Gasteiger partial charge in [-0.05, 0) is 23.3 Å². The standard InChI is InChI=1S/C24H34N6O/c1-27(2)23(28(3)4)25-19-13-9-11-17-15-31-16-18-12-10-14-20(22(18)21(17)19)26-24(29(5)6)30(7)8/h9-14H,15-16H2,1-8H3. The molecule has 0 spiro atoms. The number of hydrogen-bond acceptors (Lipinski definition) is 3. The third kappa shape index (κ3) is 4.82. The van der Waals surface area contributed by atoms with E-state index in [9.17, 15) is 0 Å². The molecule has 0 saturated carbocycles. The van der Waals surface area contributed by atoms with Crippen molar-refractivity contribution < 1.29 is 4.74 Å². The number of benzene rings is 2. The summed E-state index contributed by atoms with van der Waals surface area (Å²) < 4.78 is 6.02. The molecule has 0 bridgehead atoms. The number of nitrogens with zero attached hydrogens (tertiary/aromatic N) is 6. The van der Waals surface area contributed by atoms with Crippen molar-refractivity contribution in [3.8, 4) is 11.1 Å². The van der Waals surface area contributed by atoms with E-state index in [0.717, 1.165) is 45.5 Å². The zero-order chi connectivity index (χ0) is 22.7. The molecule has 0 fully saturated rings. The molecule has 0 unspecified atom stereocenters. The van der Waals surface area contributed by atoms with Crippen molar-refractivity contribution in [3.63, 3.8) is 0 Å². The predicted molar refractivity (Wildman–Crippen MR) is 129 cm³/mol. The molecule has 166 valence electrons. The van der Waals surface area contributed by atoms with Gasteiger partial charge in [-0.15, -0.1) is 0 Å². The molecule has 0 radical (unpaired) electrons. The minimum Gasteiger partial charge on any atom is -0.372 e. The van der Waals surface area contributed by atoms with E-state index >= 15 is 0 Å². The minimum atomic E-state index is 0.546. The topological polar surface area (TPSA) is 46.9 Å².